The fourth-order valence-electron chi connectivity index (χ4n) is 2.62. The second-order valence-electron chi connectivity index (χ2n) is 5.83. The maximum Gasteiger partial charge on any atom is 0.255 e. The first kappa shape index (κ1) is 15.4. The summed E-state index contributed by atoms with van der Waals surface area (Å²) in [6, 6.07) is 0.346. The van der Waals surface area contributed by atoms with Gasteiger partial charge in [0.2, 0.25) is 0 Å². The molecule has 5 heteroatoms. The summed E-state index contributed by atoms with van der Waals surface area (Å²) >= 11 is 0. The van der Waals surface area contributed by atoms with Crippen molar-refractivity contribution in [3.63, 3.8) is 0 Å². The molecular formula is C15H27N3O2. The van der Waals surface area contributed by atoms with Crippen LogP contribution in [0.25, 0.3) is 0 Å². The molecule has 5 nitrogen and oxygen atoms in total. The minimum atomic E-state index is -0.107. The van der Waals surface area contributed by atoms with Crippen LogP contribution >= 0.6 is 0 Å². The maximum absolute atomic E-state index is 6.09. The molecule has 0 aromatic carbocycles. The number of hydrogen-bond donors (Lipinski definition) is 1. The predicted molar refractivity (Wildman–Crippen MR) is 77.5 cm³/mol. The van der Waals surface area contributed by atoms with Crippen molar-refractivity contribution in [3.05, 3.63) is 11.7 Å². The van der Waals surface area contributed by atoms with E-state index in [2.05, 4.69) is 22.4 Å². The van der Waals surface area contributed by atoms with Gasteiger partial charge in [-0.05, 0) is 33.7 Å². The van der Waals surface area contributed by atoms with Crippen LogP contribution in [0.4, 0.5) is 0 Å². The molecule has 0 spiro atoms. The third-order valence-corrected chi connectivity index (χ3v) is 4.01. The molecule has 0 bridgehead atoms. The summed E-state index contributed by atoms with van der Waals surface area (Å²) in [4.78, 5) is 4.44. The highest BCUT2D eigenvalue weighted by Gasteiger charge is 2.21. The van der Waals surface area contributed by atoms with Crippen LogP contribution in [-0.2, 0) is 11.2 Å². The molecule has 2 atom stereocenters. The van der Waals surface area contributed by atoms with Crippen molar-refractivity contribution in [2.24, 2.45) is 0 Å². The summed E-state index contributed by atoms with van der Waals surface area (Å²) < 4.78 is 11.4. The largest absolute Gasteiger partial charge is 0.365 e. The Balaban J connectivity index is 1.86. The van der Waals surface area contributed by atoms with E-state index in [4.69, 9.17) is 9.26 Å². The van der Waals surface area contributed by atoms with Crippen molar-refractivity contribution < 1.29 is 9.26 Å². The van der Waals surface area contributed by atoms with E-state index in [1.165, 1.54) is 25.7 Å². The van der Waals surface area contributed by atoms with E-state index in [9.17, 15) is 0 Å². The molecule has 0 amide bonds. The summed E-state index contributed by atoms with van der Waals surface area (Å²) in [5.41, 5.74) is 0. The van der Waals surface area contributed by atoms with Crippen molar-refractivity contribution in [1.82, 2.24) is 15.5 Å². The zero-order valence-electron chi connectivity index (χ0n) is 12.9. The highest BCUT2D eigenvalue weighted by Crippen LogP contribution is 2.25. The van der Waals surface area contributed by atoms with E-state index in [0.29, 0.717) is 18.0 Å². The van der Waals surface area contributed by atoms with Crippen LogP contribution in [-0.4, -0.2) is 29.3 Å². The molecule has 0 radical (unpaired) electrons. The lowest BCUT2D eigenvalue weighted by Crippen LogP contribution is -2.24. The average molecular weight is 281 g/mol. The Kier molecular flexibility index (Phi) is 5.98. The lowest BCUT2D eigenvalue weighted by molar-refractivity contribution is -0.0259. The second-order valence-corrected chi connectivity index (χ2v) is 5.83. The van der Waals surface area contributed by atoms with Gasteiger partial charge in [-0.25, -0.2) is 0 Å². The van der Waals surface area contributed by atoms with E-state index >= 15 is 0 Å². The molecule has 1 aliphatic rings. The molecule has 1 N–H and O–H groups in total. The molecule has 0 aliphatic heterocycles. The summed E-state index contributed by atoms with van der Waals surface area (Å²) in [5.74, 6) is 1.35. The first-order valence-electron chi connectivity index (χ1n) is 7.84. The molecule has 1 saturated carbocycles. The second kappa shape index (κ2) is 7.74. The number of nitrogens with one attached hydrogen (secondary N) is 1. The number of likely N-dealkylation sites (N-methyl/N-ethyl adjacent to an activating group) is 1. The molecule has 1 aromatic rings. The fourth-order valence-corrected chi connectivity index (χ4v) is 2.62. The van der Waals surface area contributed by atoms with Gasteiger partial charge in [0.1, 0.15) is 6.10 Å². The van der Waals surface area contributed by atoms with Gasteiger partial charge in [-0.15, -0.1) is 0 Å². The van der Waals surface area contributed by atoms with Crippen LogP contribution in [0.15, 0.2) is 4.52 Å². The summed E-state index contributed by atoms with van der Waals surface area (Å²) in [6.07, 6.45) is 8.53. The van der Waals surface area contributed by atoms with Gasteiger partial charge in [0, 0.05) is 12.5 Å². The highest BCUT2D eigenvalue weighted by atomic mass is 16.5. The Hall–Kier alpha value is -0.940. The first-order chi connectivity index (χ1) is 9.69. The van der Waals surface area contributed by atoms with Gasteiger partial charge in [-0.1, -0.05) is 30.8 Å². The molecule has 1 aromatic heterocycles. The van der Waals surface area contributed by atoms with E-state index in [1.54, 1.807) is 0 Å². The monoisotopic (exact) mass is 281 g/mol. The quantitative estimate of drug-likeness (QED) is 0.812. The third kappa shape index (κ3) is 4.56. The average Bonchev–Trinajstić information content (AvgIpc) is 2.75. The van der Waals surface area contributed by atoms with Crippen LogP contribution in [0, 0.1) is 0 Å². The Morgan fingerprint density at radius 1 is 1.25 bits per heavy atom. The summed E-state index contributed by atoms with van der Waals surface area (Å²) in [5, 5.41) is 7.20. The SMILES string of the molecule is CNC(C)Cc1noc(C(C)OC2CCCCCC2)n1. The molecule has 1 aliphatic carbocycles. The molecule has 114 valence electrons. The lowest BCUT2D eigenvalue weighted by atomic mass is 10.1. The smallest absolute Gasteiger partial charge is 0.255 e. The van der Waals surface area contributed by atoms with Gasteiger partial charge in [0.25, 0.3) is 5.89 Å². The van der Waals surface area contributed by atoms with Gasteiger partial charge < -0.3 is 14.6 Å². The molecule has 1 heterocycles. The van der Waals surface area contributed by atoms with Crippen LogP contribution in [0.1, 0.15) is 70.2 Å². The van der Waals surface area contributed by atoms with Crippen molar-refractivity contribution in [2.45, 2.75) is 77.0 Å². The molecule has 1 fully saturated rings. The summed E-state index contributed by atoms with van der Waals surface area (Å²) in [6.45, 7) is 4.10. The van der Waals surface area contributed by atoms with Crippen molar-refractivity contribution in [3.8, 4) is 0 Å². The van der Waals surface area contributed by atoms with Gasteiger partial charge in [0.05, 0.1) is 6.10 Å². The number of hydrogen-bond acceptors (Lipinski definition) is 5. The minimum Gasteiger partial charge on any atom is -0.365 e. The fraction of sp³-hybridized carbons (Fsp3) is 0.867. The van der Waals surface area contributed by atoms with E-state index in [0.717, 1.165) is 25.1 Å². The van der Waals surface area contributed by atoms with Crippen molar-refractivity contribution in [1.29, 1.82) is 0 Å². The number of nitrogens with zero attached hydrogens (tertiary/aromatic N) is 2. The van der Waals surface area contributed by atoms with Crippen LogP contribution in [0.2, 0.25) is 0 Å². The van der Waals surface area contributed by atoms with Crippen molar-refractivity contribution >= 4 is 0 Å². The molecule has 20 heavy (non-hydrogen) atoms. The Morgan fingerprint density at radius 3 is 2.60 bits per heavy atom. The minimum absolute atomic E-state index is 0.107. The number of aromatic nitrogens is 2. The van der Waals surface area contributed by atoms with E-state index < -0.39 is 0 Å². The van der Waals surface area contributed by atoms with Crippen molar-refractivity contribution in [2.75, 3.05) is 7.05 Å². The standard InChI is InChI=1S/C15H27N3O2/c1-11(16-3)10-14-17-15(20-18-14)12(2)19-13-8-6-4-5-7-9-13/h11-13,16H,4-10H2,1-3H3. The molecule has 2 unspecified atom stereocenters. The van der Waals surface area contributed by atoms with Gasteiger partial charge >= 0.3 is 0 Å². The number of ether oxygens (including phenoxy) is 1. The molecular weight excluding hydrogens is 254 g/mol. The Bertz CT molecular complexity index is 386. The van der Waals surface area contributed by atoms with E-state index in [1.807, 2.05) is 14.0 Å². The maximum atomic E-state index is 6.09. The van der Waals surface area contributed by atoms with Gasteiger partial charge in [-0.3, -0.25) is 0 Å². The Labute approximate surface area is 121 Å². The molecule has 2 rings (SSSR count). The van der Waals surface area contributed by atoms with Crippen LogP contribution in [0.5, 0.6) is 0 Å². The highest BCUT2D eigenvalue weighted by molar-refractivity contribution is 4.91. The predicted octanol–water partition coefficient (Wildman–Crippen LogP) is 3.02. The first-order valence-corrected chi connectivity index (χ1v) is 7.84. The zero-order chi connectivity index (χ0) is 14.4. The van der Waals surface area contributed by atoms with E-state index in [-0.39, 0.29) is 6.10 Å². The number of rotatable bonds is 6. The van der Waals surface area contributed by atoms with Crippen LogP contribution in [0.3, 0.4) is 0 Å². The molecule has 0 saturated heterocycles. The zero-order valence-corrected chi connectivity index (χ0v) is 12.9. The lowest BCUT2D eigenvalue weighted by Gasteiger charge is -2.18. The third-order valence-electron chi connectivity index (χ3n) is 4.01. The van der Waals surface area contributed by atoms with Gasteiger partial charge in [0.15, 0.2) is 5.82 Å². The van der Waals surface area contributed by atoms with Gasteiger partial charge in [-0.2, -0.15) is 4.98 Å². The topological polar surface area (TPSA) is 60.2 Å². The summed E-state index contributed by atoms with van der Waals surface area (Å²) in [7, 11) is 1.93. The normalized spacial score (nSPS) is 20.6. The Morgan fingerprint density at radius 2 is 1.95 bits per heavy atom. The van der Waals surface area contributed by atoms with Crippen LogP contribution < -0.4 is 5.32 Å².